The summed E-state index contributed by atoms with van der Waals surface area (Å²) < 4.78 is 5.13. The van der Waals surface area contributed by atoms with Crippen LogP contribution in [0.3, 0.4) is 0 Å². The van der Waals surface area contributed by atoms with Crippen molar-refractivity contribution in [3.8, 4) is 5.75 Å². The fourth-order valence-corrected chi connectivity index (χ4v) is 3.33. The van der Waals surface area contributed by atoms with E-state index in [9.17, 15) is 4.79 Å². The third-order valence-corrected chi connectivity index (χ3v) is 4.84. The van der Waals surface area contributed by atoms with Crippen molar-refractivity contribution in [1.29, 1.82) is 0 Å². The molecule has 1 amide bonds. The molecule has 1 aliphatic heterocycles. The number of ether oxygens (including phenoxy) is 1. The first-order chi connectivity index (χ1) is 12.2. The van der Waals surface area contributed by atoms with E-state index in [-0.39, 0.29) is 11.2 Å². The van der Waals surface area contributed by atoms with Gasteiger partial charge in [-0.25, -0.2) is 0 Å². The minimum Gasteiger partial charge on any atom is -0.497 e. The van der Waals surface area contributed by atoms with Gasteiger partial charge in [0.25, 0.3) is 0 Å². The third kappa shape index (κ3) is 4.28. The van der Waals surface area contributed by atoms with Crippen LogP contribution in [0.5, 0.6) is 5.75 Å². The number of hydrogen-bond donors (Lipinski definition) is 0. The Morgan fingerprint density at radius 2 is 1.88 bits per heavy atom. The second-order valence-corrected chi connectivity index (χ2v) is 6.88. The zero-order valence-electron chi connectivity index (χ0n) is 14.1. The molecule has 0 aliphatic carbocycles. The molecule has 6 heteroatoms. The minimum absolute atomic E-state index is 0.0623. The van der Waals surface area contributed by atoms with E-state index in [4.69, 9.17) is 4.74 Å². The van der Waals surface area contributed by atoms with Gasteiger partial charge in [0.1, 0.15) is 5.75 Å². The van der Waals surface area contributed by atoms with Crippen LogP contribution in [0.25, 0.3) is 0 Å². The molecule has 0 spiro atoms. The van der Waals surface area contributed by atoms with Crippen LogP contribution in [0.1, 0.15) is 18.1 Å². The molecule has 1 aliphatic rings. The van der Waals surface area contributed by atoms with Gasteiger partial charge in [-0.1, -0.05) is 42.1 Å². The average Bonchev–Trinajstić information content (AvgIpc) is 2.91. The number of methoxy groups -OCH3 is 1. The maximum Gasteiger partial charge on any atom is 0.242 e. The number of carbonyl (C=O) groups excluding carboxylic acids is 1. The van der Waals surface area contributed by atoms with Gasteiger partial charge in [0.15, 0.2) is 5.17 Å². The first-order valence-electron chi connectivity index (χ1n) is 7.94. The molecule has 1 fully saturated rings. The molecule has 0 radical (unpaired) electrons. The molecular weight excluding hydrogens is 334 g/mol. The van der Waals surface area contributed by atoms with Gasteiger partial charge in [0, 0.05) is 0 Å². The van der Waals surface area contributed by atoms with Gasteiger partial charge in [-0.15, -0.1) is 5.10 Å². The number of rotatable bonds is 5. The highest BCUT2D eigenvalue weighted by atomic mass is 32.2. The zero-order valence-corrected chi connectivity index (χ0v) is 14.9. The van der Waals surface area contributed by atoms with Crippen LogP contribution in [-0.4, -0.2) is 34.5 Å². The summed E-state index contributed by atoms with van der Waals surface area (Å²) in [5.74, 6) is 0.857. The highest BCUT2D eigenvalue weighted by Crippen LogP contribution is 2.28. The number of nitrogens with zero attached hydrogens (tertiary/aromatic N) is 3. The Labute approximate surface area is 151 Å². The predicted octanol–water partition coefficient (Wildman–Crippen LogP) is 3.55. The quantitative estimate of drug-likeness (QED) is 0.610. The monoisotopic (exact) mass is 353 g/mol. The predicted molar refractivity (Wildman–Crippen MR) is 102 cm³/mol. The van der Waals surface area contributed by atoms with Crippen LogP contribution in [0.4, 0.5) is 0 Å². The number of carbonyl (C=O) groups is 1. The van der Waals surface area contributed by atoms with Gasteiger partial charge in [-0.3, -0.25) is 9.69 Å². The standard InChI is InChI=1S/C19H19N3O2S/c1-14-18(23)22(13-16-6-4-3-5-7-16)19(25-14)21-20-12-15-8-10-17(24-2)11-9-15/h3-12,14H,13H2,1-2H3/b20-12+,21-19-. The molecule has 0 bridgehead atoms. The molecule has 1 heterocycles. The van der Waals surface area contributed by atoms with Gasteiger partial charge in [-0.05, 0) is 42.3 Å². The number of benzene rings is 2. The second kappa shape index (κ2) is 7.98. The van der Waals surface area contributed by atoms with Gasteiger partial charge in [0.2, 0.25) is 5.91 Å². The molecule has 2 aromatic carbocycles. The van der Waals surface area contributed by atoms with E-state index in [1.54, 1.807) is 18.2 Å². The van der Waals surface area contributed by atoms with E-state index >= 15 is 0 Å². The van der Waals surface area contributed by atoms with Crippen LogP contribution in [-0.2, 0) is 11.3 Å². The summed E-state index contributed by atoms with van der Waals surface area (Å²) >= 11 is 1.43. The molecule has 5 nitrogen and oxygen atoms in total. The number of amidine groups is 1. The molecule has 128 valence electrons. The van der Waals surface area contributed by atoms with Gasteiger partial charge in [0.05, 0.1) is 25.1 Å². The summed E-state index contributed by atoms with van der Waals surface area (Å²) in [6.45, 7) is 2.40. The van der Waals surface area contributed by atoms with Crippen LogP contribution < -0.4 is 4.74 Å². The van der Waals surface area contributed by atoms with Gasteiger partial charge < -0.3 is 4.74 Å². The lowest BCUT2D eigenvalue weighted by Crippen LogP contribution is -2.30. The second-order valence-electron chi connectivity index (χ2n) is 5.57. The fourth-order valence-electron chi connectivity index (χ4n) is 2.41. The highest BCUT2D eigenvalue weighted by Gasteiger charge is 2.35. The molecule has 0 aromatic heterocycles. The van der Waals surface area contributed by atoms with Crippen molar-refractivity contribution in [3.05, 3.63) is 65.7 Å². The SMILES string of the molecule is COc1ccc(/C=N/N=C2\SC(C)C(=O)N2Cc2ccccc2)cc1. The zero-order chi connectivity index (χ0) is 17.6. The Bertz CT molecular complexity index is 788. The number of amides is 1. The molecule has 1 unspecified atom stereocenters. The van der Waals surface area contributed by atoms with Gasteiger partial charge >= 0.3 is 0 Å². The van der Waals surface area contributed by atoms with E-state index in [0.29, 0.717) is 11.7 Å². The molecular formula is C19H19N3O2S. The summed E-state index contributed by atoms with van der Waals surface area (Å²) in [5, 5.41) is 8.90. The molecule has 0 N–H and O–H groups in total. The summed E-state index contributed by atoms with van der Waals surface area (Å²) in [7, 11) is 1.63. The molecule has 2 aromatic rings. The normalized spacial score (nSPS) is 19.1. The highest BCUT2D eigenvalue weighted by molar-refractivity contribution is 8.15. The largest absolute Gasteiger partial charge is 0.497 e. The van der Waals surface area contributed by atoms with Crippen LogP contribution in [0.2, 0.25) is 0 Å². The maximum atomic E-state index is 12.4. The Balaban J connectivity index is 1.74. The lowest BCUT2D eigenvalue weighted by molar-refractivity contribution is -0.126. The molecule has 0 saturated carbocycles. The molecule has 1 atom stereocenters. The molecule has 3 rings (SSSR count). The Hall–Kier alpha value is -2.60. The average molecular weight is 353 g/mol. The smallest absolute Gasteiger partial charge is 0.242 e. The topological polar surface area (TPSA) is 54.3 Å². The summed E-state index contributed by atoms with van der Waals surface area (Å²) in [5.41, 5.74) is 1.99. The fraction of sp³-hybridized carbons (Fsp3) is 0.211. The maximum absolute atomic E-state index is 12.4. The summed E-state index contributed by atoms with van der Waals surface area (Å²) in [4.78, 5) is 14.1. The van der Waals surface area contributed by atoms with E-state index in [0.717, 1.165) is 16.9 Å². The van der Waals surface area contributed by atoms with Crippen molar-refractivity contribution in [2.75, 3.05) is 7.11 Å². The number of thioether (sulfide) groups is 1. The van der Waals surface area contributed by atoms with Gasteiger partial charge in [-0.2, -0.15) is 5.10 Å². The molecule has 1 saturated heterocycles. The minimum atomic E-state index is -0.140. The van der Waals surface area contributed by atoms with Crippen molar-refractivity contribution in [1.82, 2.24) is 4.90 Å². The van der Waals surface area contributed by atoms with Crippen LogP contribution in [0, 0.1) is 0 Å². The van der Waals surface area contributed by atoms with Crippen molar-refractivity contribution >= 4 is 29.1 Å². The molecule has 25 heavy (non-hydrogen) atoms. The van der Waals surface area contributed by atoms with Crippen molar-refractivity contribution < 1.29 is 9.53 Å². The van der Waals surface area contributed by atoms with Crippen LogP contribution in [0.15, 0.2) is 64.8 Å². The number of hydrogen-bond acceptors (Lipinski definition) is 5. The van der Waals surface area contributed by atoms with Crippen molar-refractivity contribution in [3.63, 3.8) is 0 Å². The van der Waals surface area contributed by atoms with E-state index < -0.39 is 0 Å². The Morgan fingerprint density at radius 1 is 1.16 bits per heavy atom. The van der Waals surface area contributed by atoms with E-state index in [1.165, 1.54) is 11.8 Å². The lowest BCUT2D eigenvalue weighted by Gasteiger charge is -2.15. The third-order valence-electron chi connectivity index (χ3n) is 3.78. The van der Waals surface area contributed by atoms with Crippen LogP contribution >= 0.6 is 11.8 Å². The first kappa shape index (κ1) is 17.2. The van der Waals surface area contributed by atoms with E-state index in [1.807, 2.05) is 61.5 Å². The van der Waals surface area contributed by atoms with Crippen molar-refractivity contribution in [2.24, 2.45) is 10.2 Å². The summed E-state index contributed by atoms with van der Waals surface area (Å²) in [6.07, 6.45) is 1.67. The summed E-state index contributed by atoms with van der Waals surface area (Å²) in [6, 6.07) is 17.4. The van der Waals surface area contributed by atoms with Crippen molar-refractivity contribution in [2.45, 2.75) is 18.7 Å². The van der Waals surface area contributed by atoms with E-state index in [2.05, 4.69) is 10.2 Å². The Kier molecular flexibility index (Phi) is 5.50. The lowest BCUT2D eigenvalue weighted by atomic mass is 10.2. The Morgan fingerprint density at radius 3 is 2.56 bits per heavy atom. The first-order valence-corrected chi connectivity index (χ1v) is 8.82.